The Morgan fingerprint density at radius 1 is 1.18 bits per heavy atom. The Morgan fingerprint density at radius 2 is 1.82 bits per heavy atom. The topological polar surface area (TPSA) is 41.1 Å². The molecule has 17 heavy (non-hydrogen) atoms. The molecule has 4 nitrogen and oxygen atoms in total. The number of nitrogens with one attached hydrogen (secondary N) is 1. The quantitative estimate of drug-likeness (QED) is 0.841. The second-order valence-electron chi connectivity index (χ2n) is 5.36. The number of nitrogens with zero attached hydrogens (tertiary/aromatic N) is 3. The maximum atomic E-state index is 4.47. The Bertz CT molecular complexity index is 390. The average Bonchev–Trinajstić information content (AvgIpc) is 2.29. The van der Waals surface area contributed by atoms with Gasteiger partial charge < -0.3 is 10.2 Å². The minimum atomic E-state index is 0.540. The number of hydrogen-bond acceptors (Lipinski definition) is 4. The number of hydrogen-bond donors (Lipinski definition) is 1. The third-order valence-corrected chi connectivity index (χ3v) is 3.95. The highest BCUT2D eigenvalue weighted by Crippen LogP contribution is 2.29. The first-order valence-electron chi connectivity index (χ1n) is 6.52. The lowest BCUT2D eigenvalue weighted by Crippen LogP contribution is -2.53. The lowest BCUT2D eigenvalue weighted by atomic mass is 9.84. The van der Waals surface area contributed by atoms with Crippen LogP contribution in [0.1, 0.15) is 24.2 Å². The Morgan fingerprint density at radius 3 is 2.35 bits per heavy atom. The maximum Gasteiger partial charge on any atom is 0.223 e. The molecule has 3 saturated heterocycles. The predicted molar refractivity (Wildman–Crippen MR) is 68.1 cm³/mol. The van der Waals surface area contributed by atoms with Gasteiger partial charge in [0.25, 0.3) is 0 Å². The fraction of sp³-hybridized carbons (Fsp3) is 0.692. The van der Waals surface area contributed by atoms with Crippen LogP contribution in [-0.4, -0.2) is 40.5 Å². The van der Waals surface area contributed by atoms with E-state index in [9.17, 15) is 0 Å². The molecule has 1 N–H and O–H groups in total. The second kappa shape index (κ2) is 4.26. The second-order valence-corrected chi connectivity index (χ2v) is 5.36. The zero-order valence-corrected chi connectivity index (χ0v) is 10.6. The Balaban J connectivity index is 1.74. The van der Waals surface area contributed by atoms with Crippen LogP contribution in [0.3, 0.4) is 0 Å². The number of piperidine rings is 3. The average molecular weight is 232 g/mol. The molecule has 92 valence electrons. The Labute approximate surface area is 102 Å². The van der Waals surface area contributed by atoms with E-state index < -0.39 is 0 Å². The van der Waals surface area contributed by atoms with Gasteiger partial charge in [0.05, 0.1) is 0 Å². The van der Waals surface area contributed by atoms with E-state index >= 15 is 0 Å². The normalized spacial score (nSPS) is 31.5. The van der Waals surface area contributed by atoms with E-state index in [2.05, 4.69) is 20.2 Å². The molecule has 3 fully saturated rings. The van der Waals surface area contributed by atoms with Gasteiger partial charge in [0.1, 0.15) is 0 Å². The molecule has 4 rings (SSSR count). The summed E-state index contributed by atoms with van der Waals surface area (Å²) in [6, 6.07) is 2.56. The van der Waals surface area contributed by atoms with Crippen molar-refractivity contribution in [1.29, 1.82) is 0 Å². The molecular formula is C13H20N4. The van der Waals surface area contributed by atoms with Gasteiger partial charge in [-0.1, -0.05) is 0 Å². The van der Waals surface area contributed by atoms with Crippen LogP contribution in [0.4, 0.5) is 5.95 Å². The minimum absolute atomic E-state index is 0.540. The smallest absolute Gasteiger partial charge is 0.223 e. The predicted octanol–water partition coefficient (Wildman–Crippen LogP) is 1.60. The van der Waals surface area contributed by atoms with Crippen LogP contribution in [0, 0.1) is 19.8 Å². The zero-order chi connectivity index (χ0) is 11.8. The molecule has 2 bridgehead atoms. The van der Waals surface area contributed by atoms with E-state index in [4.69, 9.17) is 0 Å². The highest BCUT2D eigenvalue weighted by Gasteiger charge is 2.34. The van der Waals surface area contributed by atoms with Gasteiger partial charge in [0.15, 0.2) is 0 Å². The summed E-state index contributed by atoms with van der Waals surface area (Å²) in [6.45, 7) is 7.75. The molecule has 4 heterocycles. The molecular weight excluding hydrogens is 212 g/mol. The van der Waals surface area contributed by atoms with Gasteiger partial charge in [-0.15, -0.1) is 0 Å². The lowest BCUT2D eigenvalue weighted by molar-refractivity contribution is 0.0972. The first kappa shape index (κ1) is 11.0. The molecule has 1 atom stereocenters. The first-order valence-corrected chi connectivity index (χ1v) is 6.52. The molecule has 1 aromatic rings. The van der Waals surface area contributed by atoms with Gasteiger partial charge in [0.2, 0.25) is 5.95 Å². The third-order valence-electron chi connectivity index (χ3n) is 3.95. The van der Waals surface area contributed by atoms with Crippen LogP contribution in [0.2, 0.25) is 0 Å². The monoisotopic (exact) mass is 232 g/mol. The summed E-state index contributed by atoms with van der Waals surface area (Å²) >= 11 is 0. The molecule has 0 saturated carbocycles. The number of aryl methyl sites for hydroxylation is 2. The van der Waals surface area contributed by atoms with Crippen molar-refractivity contribution in [3.05, 3.63) is 17.5 Å². The van der Waals surface area contributed by atoms with E-state index in [1.807, 2.05) is 19.9 Å². The van der Waals surface area contributed by atoms with Crippen LogP contribution in [0.15, 0.2) is 6.07 Å². The third kappa shape index (κ3) is 2.27. The highest BCUT2D eigenvalue weighted by molar-refractivity contribution is 5.30. The molecule has 3 aliphatic heterocycles. The molecule has 0 spiro atoms. The lowest BCUT2D eigenvalue weighted by Gasteiger charge is -2.44. The van der Waals surface area contributed by atoms with Gasteiger partial charge in [-0.05, 0) is 51.8 Å². The van der Waals surface area contributed by atoms with E-state index in [1.165, 1.54) is 25.9 Å². The molecule has 0 amide bonds. The van der Waals surface area contributed by atoms with E-state index in [0.29, 0.717) is 6.04 Å². The largest absolute Gasteiger partial charge is 0.350 e. The highest BCUT2D eigenvalue weighted by atomic mass is 15.2. The molecule has 0 unspecified atom stereocenters. The van der Waals surface area contributed by atoms with Gasteiger partial charge >= 0.3 is 0 Å². The van der Waals surface area contributed by atoms with E-state index in [-0.39, 0.29) is 0 Å². The first-order chi connectivity index (χ1) is 8.20. The molecule has 1 aromatic heterocycles. The standard InChI is InChI=1S/C13H20N4/c1-9-7-10(2)15-13(14-9)16-12-8-17-5-3-11(12)4-6-17/h7,11-12H,3-6,8H2,1-2H3,(H,14,15,16)/t12-/m1/s1. The fourth-order valence-electron chi connectivity index (χ4n) is 3.08. The number of rotatable bonds is 2. The van der Waals surface area contributed by atoms with Crippen molar-refractivity contribution in [3.8, 4) is 0 Å². The molecule has 0 radical (unpaired) electrons. The van der Waals surface area contributed by atoms with E-state index in [0.717, 1.165) is 29.8 Å². The summed E-state index contributed by atoms with van der Waals surface area (Å²) in [7, 11) is 0. The zero-order valence-electron chi connectivity index (χ0n) is 10.6. The van der Waals surface area contributed by atoms with Crippen molar-refractivity contribution in [1.82, 2.24) is 14.9 Å². The SMILES string of the molecule is Cc1cc(C)nc(N[C@@H]2CN3CCC2CC3)n1. The van der Waals surface area contributed by atoms with Crippen molar-refractivity contribution in [2.75, 3.05) is 25.0 Å². The van der Waals surface area contributed by atoms with Crippen LogP contribution in [0.25, 0.3) is 0 Å². The fourth-order valence-corrected chi connectivity index (χ4v) is 3.08. The molecule has 0 aromatic carbocycles. The van der Waals surface area contributed by atoms with Gasteiger partial charge in [0, 0.05) is 24.0 Å². The molecule has 3 aliphatic rings. The van der Waals surface area contributed by atoms with Crippen molar-refractivity contribution in [2.24, 2.45) is 5.92 Å². The minimum Gasteiger partial charge on any atom is -0.350 e. The summed E-state index contributed by atoms with van der Waals surface area (Å²) in [5.41, 5.74) is 2.09. The summed E-state index contributed by atoms with van der Waals surface area (Å²) in [5.74, 6) is 1.62. The molecule has 4 heteroatoms. The Hall–Kier alpha value is -1.16. The molecule has 0 aliphatic carbocycles. The maximum absolute atomic E-state index is 4.47. The van der Waals surface area contributed by atoms with Crippen LogP contribution >= 0.6 is 0 Å². The van der Waals surface area contributed by atoms with Crippen LogP contribution < -0.4 is 5.32 Å². The summed E-state index contributed by atoms with van der Waals surface area (Å²) in [4.78, 5) is 11.5. The van der Waals surface area contributed by atoms with Gasteiger partial charge in [-0.25, -0.2) is 9.97 Å². The number of aromatic nitrogens is 2. The van der Waals surface area contributed by atoms with Gasteiger partial charge in [-0.3, -0.25) is 0 Å². The number of fused-ring (bicyclic) bond motifs is 3. The van der Waals surface area contributed by atoms with Gasteiger partial charge in [-0.2, -0.15) is 0 Å². The van der Waals surface area contributed by atoms with Crippen molar-refractivity contribution < 1.29 is 0 Å². The van der Waals surface area contributed by atoms with Crippen LogP contribution in [0.5, 0.6) is 0 Å². The van der Waals surface area contributed by atoms with Crippen molar-refractivity contribution >= 4 is 5.95 Å². The number of anilines is 1. The van der Waals surface area contributed by atoms with Crippen LogP contribution in [-0.2, 0) is 0 Å². The Kier molecular flexibility index (Phi) is 2.74. The summed E-state index contributed by atoms with van der Waals surface area (Å²) < 4.78 is 0. The van der Waals surface area contributed by atoms with E-state index in [1.54, 1.807) is 0 Å². The summed E-state index contributed by atoms with van der Waals surface area (Å²) in [6.07, 6.45) is 2.64. The summed E-state index contributed by atoms with van der Waals surface area (Å²) in [5, 5.41) is 3.53. The van der Waals surface area contributed by atoms with Crippen molar-refractivity contribution in [2.45, 2.75) is 32.7 Å². The van der Waals surface area contributed by atoms with Crippen molar-refractivity contribution in [3.63, 3.8) is 0 Å².